The summed E-state index contributed by atoms with van der Waals surface area (Å²) in [5, 5.41) is 12.4. The summed E-state index contributed by atoms with van der Waals surface area (Å²) in [7, 11) is 1.64. The van der Waals surface area contributed by atoms with Gasteiger partial charge in [0, 0.05) is 19.8 Å². The van der Waals surface area contributed by atoms with Crippen LogP contribution in [0.15, 0.2) is 0 Å². The van der Waals surface area contributed by atoms with Crippen molar-refractivity contribution in [3.8, 4) is 0 Å². The molecule has 0 aromatic carbocycles. The lowest BCUT2D eigenvalue weighted by Gasteiger charge is -2.26. The van der Waals surface area contributed by atoms with Gasteiger partial charge in [0.05, 0.1) is 0 Å². The minimum absolute atomic E-state index is 0.400. The molecule has 1 rings (SSSR count). The van der Waals surface area contributed by atoms with Crippen LogP contribution >= 0.6 is 0 Å². The van der Waals surface area contributed by atoms with E-state index >= 15 is 0 Å². The first kappa shape index (κ1) is 13.5. The topological polar surface area (TPSA) is 58.6 Å². The van der Waals surface area contributed by atoms with Gasteiger partial charge in [-0.15, -0.1) is 0 Å². The molecule has 0 saturated heterocycles. The van der Waals surface area contributed by atoms with Gasteiger partial charge >= 0.3 is 5.97 Å². The first-order chi connectivity index (χ1) is 7.74. The highest BCUT2D eigenvalue weighted by atomic mass is 16.5. The van der Waals surface area contributed by atoms with Crippen molar-refractivity contribution < 1.29 is 14.6 Å². The summed E-state index contributed by atoms with van der Waals surface area (Å²) >= 11 is 0. The molecular formula is C12H23NO3. The van der Waals surface area contributed by atoms with Crippen LogP contribution in [-0.2, 0) is 9.53 Å². The van der Waals surface area contributed by atoms with Gasteiger partial charge in [-0.3, -0.25) is 4.79 Å². The van der Waals surface area contributed by atoms with Gasteiger partial charge in [-0.1, -0.05) is 19.3 Å². The molecule has 4 heteroatoms. The predicted molar refractivity (Wildman–Crippen MR) is 62.5 cm³/mol. The molecule has 0 spiro atoms. The average molecular weight is 229 g/mol. The summed E-state index contributed by atoms with van der Waals surface area (Å²) in [5.41, 5.74) is 0. The van der Waals surface area contributed by atoms with Crippen molar-refractivity contribution in [2.75, 3.05) is 13.7 Å². The van der Waals surface area contributed by atoms with E-state index in [9.17, 15) is 4.79 Å². The Bertz CT molecular complexity index is 202. The molecule has 2 N–H and O–H groups in total. The van der Waals surface area contributed by atoms with Crippen molar-refractivity contribution in [3.63, 3.8) is 0 Å². The third-order valence-corrected chi connectivity index (χ3v) is 3.18. The number of rotatable bonds is 7. The molecule has 1 unspecified atom stereocenters. The van der Waals surface area contributed by atoms with E-state index in [4.69, 9.17) is 9.84 Å². The van der Waals surface area contributed by atoms with E-state index in [-0.39, 0.29) is 0 Å². The van der Waals surface area contributed by atoms with Crippen LogP contribution in [0.1, 0.15) is 44.9 Å². The third kappa shape index (κ3) is 4.94. The van der Waals surface area contributed by atoms with Gasteiger partial charge in [-0.2, -0.15) is 0 Å². The summed E-state index contributed by atoms with van der Waals surface area (Å²) in [6.45, 7) is 0.635. The molecular weight excluding hydrogens is 206 g/mol. The molecule has 0 amide bonds. The fraction of sp³-hybridized carbons (Fsp3) is 0.917. The van der Waals surface area contributed by atoms with E-state index in [0.717, 1.165) is 19.3 Å². The van der Waals surface area contributed by atoms with Crippen LogP contribution in [0, 0.1) is 0 Å². The van der Waals surface area contributed by atoms with Crippen LogP contribution in [0.4, 0.5) is 0 Å². The fourth-order valence-electron chi connectivity index (χ4n) is 2.26. The second kappa shape index (κ2) is 7.63. The van der Waals surface area contributed by atoms with Crippen molar-refractivity contribution in [1.82, 2.24) is 5.32 Å². The highest BCUT2D eigenvalue weighted by Gasteiger charge is 2.22. The zero-order valence-corrected chi connectivity index (χ0v) is 10.1. The lowest BCUT2D eigenvalue weighted by atomic mass is 9.94. The van der Waals surface area contributed by atoms with Gasteiger partial charge in [-0.05, 0) is 25.7 Å². The van der Waals surface area contributed by atoms with Crippen LogP contribution < -0.4 is 5.32 Å². The molecule has 0 aromatic rings. The SMILES string of the molecule is COCCCC(NC1CCCCC1)C(=O)O. The standard InChI is InChI=1S/C12H23NO3/c1-16-9-5-8-11(12(14)15)13-10-6-3-2-4-7-10/h10-11,13H,2-9H2,1H3,(H,14,15). The Morgan fingerprint density at radius 1 is 1.44 bits per heavy atom. The van der Waals surface area contributed by atoms with Crippen molar-refractivity contribution in [1.29, 1.82) is 0 Å². The number of hydrogen-bond acceptors (Lipinski definition) is 3. The van der Waals surface area contributed by atoms with Crippen molar-refractivity contribution in [2.24, 2.45) is 0 Å². The summed E-state index contributed by atoms with van der Waals surface area (Å²) in [4.78, 5) is 11.1. The highest BCUT2D eigenvalue weighted by molar-refractivity contribution is 5.73. The molecule has 94 valence electrons. The maximum Gasteiger partial charge on any atom is 0.320 e. The first-order valence-electron chi connectivity index (χ1n) is 6.22. The molecule has 4 nitrogen and oxygen atoms in total. The molecule has 1 aliphatic carbocycles. The Hall–Kier alpha value is -0.610. The van der Waals surface area contributed by atoms with Crippen LogP contribution in [0.5, 0.6) is 0 Å². The molecule has 1 saturated carbocycles. The molecule has 0 heterocycles. The minimum atomic E-state index is -0.735. The van der Waals surface area contributed by atoms with Gasteiger partial charge in [0.1, 0.15) is 6.04 Å². The molecule has 0 radical (unpaired) electrons. The van der Waals surface area contributed by atoms with E-state index in [1.807, 2.05) is 0 Å². The lowest BCUT2D eigenvalue weighted by molar-refractivity contribution is -0.140. The number of carboxylic acids is 1. The monoisotopic (exact) mass is 229 g/mol. The largest absolute Gasteiger partial charge is 0.480 e. The van der Waals surface area contributed by atoms with Gasteiger partial charge in [-0.25, -0.2) is 0 Å². The second-order valence-electron chi connectivity index (χ2n) is 4.53. The molecule has 0 aliphatic heterocycles. The predicted octanol–water partition coefficient (Wildman–Crippen LogP) is 1.79. The maximum atomic E-state index is 11.1. The average Bonchev–Trinajstić information content (AvgIpc) is 2.29. The van der Waals surface area contributed by atoms with Gasteiger partial charge in [0.25, 0.3) is 0 Å². The molecule has 1 fully saturated rings. The van der Waals surface area contributed by atoms with Crippen molar-refractivity contribution in [2.45, 2.75) is 57.0 Å². The Morgan fingerprint density at radius 3 is 2.69 bits per heavy atom. The van der Waals surface area contributed by atoms with Gasteiger partial charge < -0.3 is 15.2 Å². The normalized spacial score (nSPS) is 19.6. The van der Waals surface area contributed by atoms with E-state index < -0.39 is 12.0 Å². The van der Waals surface area contributed by atoms with E-state index in [1.165, 1.54) is 19.3 Å². The summed E-state index contributed by atoms with van der Waals surface area (Å²) in [6.07, 6.45) is 7.43. The molecule has 0 aromatic heterocycles. The molecule has 1 aliphatic rings. The third-order valence-electron chi connectivity index (χ3n) is 3.18. The lowest BCUT2D eigenvalue weighted by Crippen LogP contribution is -2.44. The van der Waals surface area contributed by atoms with Crippen LogP contribution in [0.3, 0.4) is 0 Å². The Labute approximate surface area is 97.4 Å². The smallest absolute Gasteiger partial charge is 0.320 e. The summed E-state index contributed by atoms with van der Waals surface area (Å²) in [6, 6.07) is -0.00403. The van der Waals surface area contributed by atoms with Crippen molar-refractivity contribution >= 4 is 5.97 Å². The molecule has 1 atom stereocenters. The second-order valence-corrected chi connectivity index (χ2v) is 4.53. The Morgan fingerprint density at radius 2 is 2.12 bits per heavy atom. The Balaban J connectivity index is 2.28. The quantitative estimate of drug-likeness (QED) is 0.653. The molecule has 16 heavy (non-hydrogen) atoms. The first-order valence-corrected chi connectivity index (χ1v) is 6.22. The van der Waals surface area contributed by atoms with Crippen molar-refractivity contribution in [3.05, 3.63) is 0 Å². The number of ether oxygens (including phenoxy) is 1. The highest BCUT2D eigenvalue weighted by Crippen LogP contribution is 2.18. The van der Waals surface area contributed by atoms with Crippen LogP contribution in [-0.4, -0.2) is 36.9 Å². The van der Waals surface area contributed by atoms with E-state index in [1.54, 1.807) is 7.11 Å². The van der Waals surface area contributed by atoms with Gasteiger partial charge in [0.2, 0.25) is 0 Å². The minimum Gasteiger partial charge on any atom is -0.480 e. The summed E-state index contributed by atoms with van der Waals surface area (Å²) in [5.74, 6) is -0.735. The number of carboxylic acid groups (broad SMARTS) is 1. The summed E-state index contributed by atoms with van der Waals surface area (Å²) < 4.78 is 4.94. The number of methoxy groups -OCH3 is 1. The number of aliphatic carboxylic acids is 1. The molecule has 0 bridgehead atoms. The number of carbonyl (C=O) groups is 1. The zero-order chi connectivity index (χ0) is 11.8. The van der Waals surface area contributed by atoms with Crippen LogP contribution in [0.25, 0.3) is 0 Å². The van der Waals surface area contributed by atoms with Crippen LogP contribution in [0.2, 0.25) is 0 Å². The maximum absolute atomic E-state index is 11.1. The van der Waals surface area contributed by atoms with Gasteiger partial charge in [0.15, 0.2) is 0 Å². The fourth-order valence-corrected chi connectivity index (χ4v) is 2.26. The number of nitrogens with one attached hydrogen (secondary N) is 1. The Kier molecular flexibility index (Phi) is 6.42. The number of hydrogen-bond donors (Lipinski definition) is 2. The zero-order valence-electron chi connectivity index (χ0n) is 10.1. The van der Waals surface area contributed by atoms with E-state index in [2.05, 4.69) is 5.32 Å². The van der Waals surface area contributed by atoms with E-state index in [0.29, 0.717) is 19.1 Å².